The van der Waals surface area contributed by atoms with Crippen LogP contribution in [0.2, 0.25) is 0 Å². The van der Waals surface area contributed by atoms with E-state index in [0.29, 0.717) is 12.8 Å². The smallest absolute Gasteiger partial charge is 0.462 e. The van der Waals surface area contributed by atoms with E-state index in [1.54, 1.807) is 12.2 Å². The van der Waals surface area contributed by atoms with Crippen molar-refractivity contribution in [3.63, 3.8) is 0 Å². The number of carbonyl (C=O) groups excluding carboxylic acids is 2. The van der Waals surface area contributed by atoms with Gasteiger partial charge in [0.15, 0.2) is 6.10 Å². The number of hydrogen-bond donors (Lipinski definition) is 7. The van der Waals surface area contributed by atoms with Crippen LogP contribution in [0.5, 0.6) is 0 Å². The zero-order valence-electron chi connectivity index (χ0n) is 38.4. The number of phosphoric acid groups is 1. The summed E-state index contributed by atoms with van der Waals surface area (Å²) in [5.41, 5.74) is 0. The van der Waals surface area contributed by atoms with Gasteiger partial charge in [-0.25, -0.2) is 4.57 Å². The highest BCUT2D eigenvalue weighted by Gasteiger charge is 2.51. The Balaban J connectivity index is 2.59. The van der Waals surface area contributed by atoms with Gasteiger partial charge in [0, 0.05) is 12.8 Å². The molecule has 14 nitrogen and oxygen atoms in total. The van der Waals surface area contributed by atoms with Gasteiger partial charge in [0.2, 0.25) is 0 Å². The van der Waals surface area contributed by atoms with Gasteiger partial charge in [0.05, 0.1) is 12.7 Å². The largest absolute Gasteiger partial charge is 0.472 e. The van der Waals surface area contributed by atoms with Crippen molar-refractivity contribution in [2.45, 2.75) is 198 Å². The van der Waals surface area contributed by atoms with E-state index in [1.165, 1.54) is 57.8 Å². The third-order valence-corrected chi connectivity index (χ3v) is 11.3. The summed E-state index contributed by atoms with van der Waals surface area (Å²) in [6, 6.07) is 0. The molecule has 64 heavy (non-hydrogen) atoms. The highest BCUT2D eigenvalue weighted by molar-refractivity contribution is 7.47. The van der Waals surface area contributed by atoms with Crippen LogP contribution in [0.4, 0.5) is 0 Å². The van der Waals surface area contributed by atoms with Crippen molar-refractivity contribution in [2.24, 2.45) is 0 Å². The molecular weight excluding hydrogens is 843 g/mol. The topological polar surface area (TPSA) is 230 Å². The lowest BCUT2D eigenvalue weighted by atomic mass is 9.85. The fourth-order valence-corrected chi connectivity index (χ4v) is 7.44. The number of hydrogen-bond acceptors (Lipinski definition) is 13. The molecule has 366 valence electrons. The van der Waals surface area contributed by atoms with Crippen LogP contribution in [0.3, 0.4) is 0 Å². The Morgan fingerprint density at radius 3 is 1.62 bits per heavy atom. The molecule has 9 atom stereocenters. The molecule has 1 fully saturated rings. The molecule has 0 bridgehead atoms. The van der Waals surface area contributed by atoms with Crippen LogP contribution in [0.1, 0.15) is 149 Å². The molecule has 0 amide bonds. The summed E-state index contributed by atoms with van der Waals surface area (Å²) >= 11 is 0. The first-order valence-electron chi connectivity index (χ1n) is 23.5. The lowest BCUT2D eigenvalue weighted by molar-refractivity contribution is -0.220. The molecule has 0 aromatic heterocycles. The Hall–Kier alpha value is -3.01. The molecule has 4 unspecified atom stereocenters. The van der Waals surface area contributed by atoms with Crippen molar-refractivity contribution in [1.82, 2.24) is 0 Å². The van der Waals surface area contributed by atoms with Crippen LogP contribution in [0, 0.1) is 0 Å². The van der Waals surface area contributed by atoms with Crippen molar-refractivity contribution in [1.29, 1.82) is 0 Å². The minimum atomic E-state index is -5.18. The van der Waals surface area contributed by atoms with E-state index in [1.807, 2.05) is 24.3 Å². The van der Waals surface area contributed by atoms with Crippen LogP contribution in [0.25, 0.3) is 0 Å². The van der Waals surface area contributed by atoms with E-state index in [4.69, 9.17) is 18.5 Å². The fraction of sp³-hybridized carbons (Fsp3) is 0.673. The Morgan fingerprint density at radius 1 is 0.562 bits per heavy atom. The second kappa shape index (κ2) is 38.1. The van der Waals surface area contributed by atoms with Crippen molar-refractivity contribution in [3.8, 4) is 0 Å². The van der Waals surface area contributed by atoms with Crippen molar-refractivity contribution < 1.29 is 68.2 Å². The fourth-order valence-electron chi connectivity index (χ4n) is 6.46. The molecule has 0 saturated heterocycles. The van der Waals surface area contributed by atoms with Crippen molar-refractivity contribution in [2.75, 3.05) is 13.2 Å². The van der Waals surface area contributed by atoms with Crippen LogP contribution in [0.15, 0.2) is 85.1 Å². The zero-order chi connectivity index (χ0) is 47.3. The van der Waals surface area contributed by atoms with Crippen LogP contribution in [-0.2, 0) is 32.7 Å². The van der Waals surface area contributed by atoms with Crippen molar-refractivity contribution >= 4 is 19.8 Å². The summed E-state index contributed by atoms with van der Waals surface area (Å²) in [6.45, 7) is 3.04. The Morgan fingerprint density at radius 2 is 1.03 bits per heavy atom. The summed E-state index contributed by atoms with van der Waals surface area (Å²) in [5, 5.41) is 60.5. The SMILES string of the molecule is CCCCC/C=C\C/C=C\C/C=C\C/C=C\CCCC(=O)O[C@H](COC(=O)CCCC(O)/C=C/C=C/C/C=C/CCCCCCCC)COP(=O)(O)OC1[C@H](O)[C@H](O)C(O)[C@H](O)[C@H]1O. The van der Waals surface area contributed by atoms with Gasteiger partial charge in [0.1, 0.15) is 43.2 Å². The first kappa shape index (κ1) is 59.0. The minimum absolute atomic E-state index is 0.0229. The summed E-state index contributed by atoms with van der Waals surface area (Å²) in [4.78, 5) is 35.7. The maximum absolute atomic E-state index is 12.8. The number of aliphatic hydroxyl groups is 6. The molecule has 0 radical (unpaired) electrons. The maximum Gasteiger partial charge on any atom is 0.472 e. The number of aliphatic hydroxyl groups excluding tert-OH is 6. The van der Waals surface area contributed by atoms with Crippen LogP contribution >= 0.6 is 7.82 Å². The van der Waals surface area contributed by atoms with Gasteiger partial charge in [-0.1, -0.05) is 144 Å². The quantitative estimate of drug-likeness (QED) is 0.0102. The summed E-state index contributed by atoms with van der Waals surface area (Å²) < 4.78 is 33.3. The number of allylic oxidation sites excluding steroid dienone is 13. The molecule has 15 heteroatoms. The van der Waals surface area contributed by atoms with E-state index in [9.17, 15) is 49.7 Å². The Labute approximate surface area is 382 Å². The maximum atomic E-state index is 12.8. The highest BCUT2D eigenvalue weighted by Crippen LogP contribution is 2.47. The zero-order valence-corrected chi connectivity index (χ0v) is 39.3. The Bertz CT molecular complexity index is 1460. The number of unbranched alkanes of at least 4 members (excludes halogenated alkanes) is 10. The van der Waals surface area contributed by atoms with Gasteiger partial charge in [-0.05, 0) is 77.0 Å². The Kier molecular flexibility index (Phi) is 35.2. The van der Waals surface area contributed by atoms with Gasteiger partial charge in [-0.3, -0.25) is 18.6 Å². The average molecular weight is 925 g/mol. The van der Waals surface area contributed by atoms with Gasteiger partial charge >= 0.3 is 19.8 Å². The predicted molar refractivity (Wildman–Crippen MR) is 250 cm³/mol. The molecule has 7 N–H and O–H groups in total. The molecule has 0 aromatic rings. The number of rotatable bonds is 37. The van der Waals surface area contributed by atoms with Gasteiger partial charge in [-0.2, -0.15) is 0 Å². The van der Waals surface area contributed by atoms with E-state index in [-0.39, 0.29) is 25.7 Å². The summed E-state index contributed by atoms with van der Waals surface area (Å²) in [6.07, 6.45) is 32.3. The third-order valence-electron chi connectivity index (χ3n) is 10.3. The average Bonchev–Trinajstić information content (AvgIpc) is 3.27. The first-order valence-corrected chi connectivity index (χ1v) is 25.0. The second-order valence-electron chi connectivity index (χ2n) is 16.1. The van der Waals surface area contributed by atoms with E-state index in [2.05, 4.69) is 62.5 Å². The third kappa shape index (κ3) is 30.2. The molecule has 0 heterocycles. The summed E-state index contributed by atoms with van der Waals surface area (Å²) in [7, 11) is -5.18. The molecular formula is C49H81O14P. The molecule has 0 aromatic carbocycles. The first-order chi connectivity index (χ1) is 30.8. The molecule has 0 aliphatic heterocycles. The number of ether oxygens (including phenoxy) is 2. The lowest BCUT2D eigenvalue weighted by Gasteiger charge is -2.41. The van der Waals surface area contributed by atoms with E-state index in [0.717, 1.165) is 38.5 Å². The molecule has 1 saturated carbocycles. The molecule has 1 aliphatic carbocycles. The molecule has 0 spiro atoms. The van der Waals surface area contributed by atoms with Gasteiger partial charge in [-0.15, -0.1) is 0 Å². The van der Waals surface area contributed by atoms with Crippen LogP contribution < -0.4 is 0 Å². The number of phosphoric ester groups is 1. The molecule has 1 aliphatic rings. The number of esters is 2. The second-order valence-corrected chi connectivity index (χ2v) is 17.5. The standard InChI is InChI=1S/C49H81O14P/c1-3-5-7-9-11-13-15-17-18-19-20-22-24-26-28-30-32-36-43(52)62-41(39-61-64(58,59)63-49-47(56)45(54)44(53)46(55)48(49)57)38-60-42(51)37-33-35-40(50)34-31-29-27-25-23-21-16-14-12-10-8-6-4-2/h11,13,17-18,20-23,26-29,31,34,40-41,44-50,53-57H,3-10,12,14-16,19,24-25,30,32-33,35-39H2,1-2H3,(H,58,59)/b13-11-,18-17-,22-20-,23-21+,28-26-,29-27+,34-31+/t40?,41-,44?,45-,46+,47-,48-,49?/m1/s1. The van der Waals surface area contributed by atoms with Gasteiger partial charge < -0.3 is 45.0 Å². The minimum Gasteiger partial charge on any atom is -0.462 e. The molecule has 1 rings (SSSR count). The highest BCUT2D eigenvalue weighted by atomic mass is 31.2. The van der Waals surface area contributed by atoms with Crippen LogP contribution in [-0.4, -0.2) is 110 Å². The monoisotopic (exact) mass is 925 g/mol. The van der Waals surface area contributed by atoms with E-state index < -0.39 is 81.8 Å². The summed E-state index contributed by atoms with van der Waals surface area (Å²) in [5.74, 6) is -1.37. The lowest BCUT2D eigenvalue weighted by Crippen LogP contribution is -2.64. The normalized spacial score (nSPS) is 22.8. The van der Waals surface area contributed by atoms with Gasteiger partial charge in [0.25, 0.3) is 0 Å². The van der Waals surface area contributed by atoms with E-state index >= 15 is 0 Å². The van der Waals surface area contributed by atoms with Crippen molar-refractivity contribution in [3.05, 3.63) is 85.1 Å². The number of carbonyl (C=O) groups is 2. The predicted octanol–water partition coefficient (Wildman–Crippen LogP) is 8.25.